The first kappa shape index (κ1) is 8.58. The van der Waals surface area contributed by atoms with Crippen molar-refractivity contribution in [3.8, 4) is 0 Å². The Labute approximate surface area is 69.9 Å². The third-order valence-corrected chi connectivity index (χ3v) is 1.52. The molecule has 0 saturated carbocycles. The second-order valence-electron chi connectivity index (χ2n) is 2.38. The van der Waals surface area contributed by atoms with Crippen LogP contribution in [0.5, 0.6) is 0 Å². The van der Waals surface area contributed by atoms with Crippen LogP contribution in [-0.4, -0.2) is 24.1 Å². The van der Waals surface area contributed by atoms with Gasteiger partial charge in [0.25, 0.3) is 5.91 Å². The highest BCUT2D eigenvalue weighted by Crippen LogP contribution is 2.20. The van der Waals surface area contributed by atoms with Gasteiger partial charge in [0, 0.05) is 13.5 Å². The van der Waals surface area contributed by atoms with Crippen molar-refractivity contribution in [1.82, 2.24) is 10.4 Å². The molecule has 66 valence electrons. The summed E-state index contributed by atoms with van der Waals surface area (Å²) in [5.74, 6) is -0.233. The van der Waals surface area contributed by atoms with Crippen molar-refractivity contribution < 1.29 is 14.4 Å². The van der Waals surface area contributed by atoms with Crippen LogP contribution in [0.25, 0.3) is 0 Å². The minimum Gasteiger partial charge on any atom is -0.323 e. The van der Waals surface area contributed by atoms with Gasteiger partial charge < -0.3 is 10.2 Å². The van der Waals surface area contributed by atoms with Gasteiger partial charge >= 0.3 is 6.09 Å². The Hall–Kier alpha value is -1.52. The third kappa shape index (κ3) is 1.55. The average Bonchev–Trinajstić information content (AvgIpc) is 2.35. The fraction of sp³-hybridized carbons (Fsp3) is 0.429. The van der Waals surface area contributed by atoms with E-state index in [0.29, 0.717) is 18.5 Å². The summed E-state index contributed by atoms with van der Waals surface area (Å²) in [6.45, 7) is 3.57. The van der Waals surface area contributed by atoms with Gasteiger partial charge in [-0.05, 0) is 6.42 Å². The van der Waals surface area contributed by atoms with E-state index in [-0.39, 0.29) is 5.91 Å². The van der Waals surface area contributed by atoms with E-state index in [1.54, 1.807) is 0 Å². The summed E-state index contributed by atoms with van der Waals surface area (Å²) in [5.41, 5.74) is 0.517. The number of hydroxylamine groups is 2. The standard InChI is InChI=1S/C7H10N2O3/c1-5-3-4-6(10)9(5)12-7(11)8-2/h1,3-4H2,2H3,(H,8,11). The van der Waals surface area contributed by atoms with E-state index >= 15 is 0 Å². The lowest BCUT2D eigenvalue weighted by molar-refractivity contribution is -0.151. The first-order valence-electron chi connectivity index (χ1n) is 3.55. The molecule has 1 fully saturated rings. The summed E-state index contributed by atoms with van der Waals surface area (Å²) >= 11 is 0. The molecule has 1 heterocycles. The normalized spacial score (nSPS) is 16.6. The van der Waals surface area contributed by atoms with E-state index in [1.165, 1.54) is 7.05 Å². The molecule has 5 nitrogen and oxygen atoms in total. The number of amides is 2. The summed E-state index contributed by atoms with van der Waals surface area (Å²) in [7, 11) is 1.42. The van der Waals surface area contributed by atoms with Gasteiger partial charge in [0.15, 0.2) is 0 Å². The zero-order valence-electron chi connectivity index (χ0n) is 6.79. The number of allylic oxidation sites excluding steroid dienone is 1. The summed E-state index contributed by atoms with van der Waals surface area (Å²) in [4.78, 5) is 26.3. The van der Waals surface area contributed by atoms with Crippen molar-refractivity contribution in [3.05, 3.63) is 12.3 Å². The molecule has 1 rings (SSSR count). The first-order valence-corrected chi connectivity index (χ1v) is 3.55. The summed E-state index contributed by atoms with van der Waals surface area (Å²) in [5, 5.41) is 3.17. The first-order chi connectivity index (χ1) is 5.65. The predicted octanol–water partition coefficient (Wildman–Crippen LogP) is 0.394. The van der Waals surface area contributed by atoms with Crippen molar-refractivity contribution in [3.63, 3.8) is 0 Å². The molecule has 0 aliphatic carbocycles. The number of hydrogen-bond donors (Lipinski definition) is 1. The van der Waals surface area contributed by atoms with Crippen LogP contribution in [0.4, 0.5) is 4.79 Å². The minimum atomic E-state index is -0.661. The number of nitrogens with zero attached hydrogens (tertiary/aromatic N) is 1. The molecule has 1 saturated heterocycles. The fourth-order valence-electron chi connectivity index (χ4n) is 0.875. The molecule has 1 aliphatic rings. The second kappa shape index (κ2) is 3.25. The van der Waals surface area contributed by atoms with E-state index in [4.69, 9.17) is 0 Å². The Morgan fingerprint density at radius 1 is 1.67 bits per heavy atom. The van der Waals surface area contributed by atoms with Crippen molar-refractivity contribution in [2.24, 2.45) is 0 Å². The SMILES string of the molecule is C=C1CCC(=O)N1OC(=O)NC. The number of hydrogen-bond acceptors (Lipinski definition) is 3. The van der Waals surface area contributed by atoms with E-state index in [2.05, 4.69) is 16.7 Å². The second-order valence-corrected chi connectivity index (χ2v) is 2.38. The van der Waals surface area contributed by atoms with Crippen LogP contribution in [0.15, 0.2) is 12.3 Å². The van der Waals surface area contributed by atoms with Gasteiger partial charge in [-0.25, -0.2) is 4.79 Å². The van der Waals surface area contributed by atoms with Gasteiger partial charge in [0.2, 0.25) is 0 Å². The smallest absolute Gasteiger partial charge is 0.323 e. The number of nitrogens with one attached hydrogen (secondary N) is 1. The van der Waals surface area contributed by atoms with E-state index in [9.17, 15) is 9.59 Å². The molecule has 0 atom stereocenters. The zero-order chi connectivity index (χ0) is 9.14. The summed E-state index contributed by atoms with van der Waals surface area (Å²) in [6, 6.07) is 0. The van der Waals surface area contributed by atoms with Gasteiger partial charge in [0.1, 0.15) is 0 Å². The Kier molecular flexibility index (Phi) is 2.32. The van der Waals surface area contributed by atoms with Crippen molar-refractivity contribution in [1.29, 1.82) is 0 Å². The minimum absolute atomic E-state index is 0.233. The van der Waals surface area contributed by atoms with E-state index in [0.717, 1.165) is 5.06 Å². The van der Waals surface area contributed by atoms with Crippen molar-refractivity contribution in [2.75, 3.05) is 7.05 Å². The number of carbonyl (C=O) groups is 2. The Morgan fingerprint density at radius 3 is 2.75 bits per heavy atom. The van der Waals surface area contributed by atoms with Crippen molar-refractivity contribution >= 4 is 12.0 Å². The lowest BCUT2D eigenvalue weighted by atomic mass is 10.3. The lowest BCUT2D eigenvalue weighted by Gasteiger charge is -2.14. The highest BCUT2D eigenvalue weighted by Gasteiger charge is 2.27. The van der Waals surface area contributed by atoms with Crippen LogP contribution >= 0.6 is 0 Å². The molecule has 1 N–H and O–H groups in total. The number of rotatable bonds is 1. The van der Waals surface area contributed by atoms with Crippen molar-refractivity contribution in [2.45, 2.75) is 12.8 Å². The summed E-state index contributed by atoms with van der Waals surface area (Å²) in [6.07, 6.45) is 0.248. The Morgan fingerprint density at radius 2 is 2.33 bits per heavy atom. The van der Waals surface area contributed by atoms with Crippen LogP contribution in [-0.2, 0) is 9.63 Å². The maximum atomic E-state index is 11.0. The third-order valence-electron chi connectivity index (χ3n) is 1.52. The van der Waals surface area contributed by atoms with Gasteiger partial charge in [-0.2, -0.15) is 0 Å². The molecule has 5 heteroatoms. The summed E-state index contributed by atoms with van der Waals surface area (Å²) < 4.78 is 0. The topological polar surface area (TPSA) is 58.6 Å². The van der Waals surface area contributed by atoms with E-state index < -0.39 is 6.09 Å². The van der Waals surface area contributed by atoms with Crippen LogP contribution in [0, 0.1) is 0 Å². The van der Waals surface area contributed by atoms with E-state index in [1.807, 2.05) is 0 Å². The van der Waals surface area contributed by atoms with Crippen LogP contribution in [0.2, 0.25) is 0 Å². The van der Waals surface area contributed by atoms with Crippen LogP contribution < -0.4 is 5.32 Å². The predicted molar refractivity (Wildman–Crippen MR) is 40.8 cm³/mol. The molecular weight excluding hydrogens is 160 g/mol. The fourth-order valence-corrected chi connectivity index (χ4v) is 0.875. The molecular formula is C7H10N2O3. The molecule has 12 heavy (non-hydrogen) atoms. The molecule has 0 bridgehead atoms. The average molecular weight is 170 g/mol. The molecule has 0 spiro atoms. The van der Waals surface area contributed by atoms with Crippen LogP contribution in [0.3, 0.4) is 0 Å². The molecule has 0 aromatic carbocycles. The molecule has 0 unspecified atom stereocenters. The van der Waals surface area contributed by atoms with Crippen LogP contribution in [0.1, 0.15) is 12.8 Å². The van der Waals surface area contributed by atoms with Gasteiger partial charge in [-0.15, -0.1) is 5.06 Å². The Balaban J connectivity index is 2.56. The highest BCUT2D eigenvalue weighted by atomic mass is 16.7. The zero-order valence-corrected chi connectivity index (χ0v) is 6.79. The largest absolute Gasteiger partial charge is 0.431 e. The molecule has 2 amide bonds. The molecule has 1 aliphatic heterocycles. The number of carbonyl (C=O) groups excluding carboxylic acids is 2. The highest BCUT2D eigenvalue weighted by molar-refractivity contribution is 5.81. The Bertz CT molecular complexity index is 221. The quantitative estimate of drug-likeness (QED) is 0.619. The molecule has 0 aromatic rings. The van der Waals surface area contributed by atoms with Gasteiger partial charge in [-0.3, -0.25) is 4.79 Å². The van der Waals surface area contributed by atoms with Gasteiger partial charge in [-0.1, -0.05) is 6.58 Å². The molecule has 0 radical (unpaired) electrons. The maximum absolute atomic E-state index is 11.0. The van der Waals surface area contributed by atoms with Gasteiger partial charge in [0.05, 0.1) is 5.70 Å². The lowest BCUT2D eigenvalue weighted by Crippen LogP contribution is -2.31. The monoisotopic (exact) mass is 170 g/mol. The maximum Gasteiger partial charge on any atom is 0.431 e. The molecule has 0 aromatic heterocycles.